The molecule has 1 N–H and O–H groups in total. The maximum Gasteiger partial charge on any atom is 0.254 e. The average molecular weight is 409 g/mol. The van der Waals surface area contributed by atoms with Crippen LogP contribution in [0.25, 0.3) is 0 Å². The molecule has 0 spiro atoms. The predicted molar refractivity (Wildman–Crippen MR) is 115 cm³/mol. The Kier molecular flexibility index (Phi) is 6.27. The Bertz CT molecular complexity index is 948. The Labute approximate surface area is 176 Å². The first-order valence-corrected chi connectivity index (χ1v) is 10.4. The Morgan fingerprint density at radius 1 is 1.03 bits per heavy atom. The van der Waals surface area contributed by atoms with Crippen molar-refractivity contribution in [1.29, 1.82) is 0 Å². The Morgan fingerprint density at radius 3 is 2.52 bits per heavy atom. The highest BCUT2D eigenvalue weighted by atomic mass is 35.5. The quantitative estimate of drug-likeness (QED) is 0.671. The van der Waals surface area contributed by atoms with E-state index in [-0.39, 0.29) is 11.9 Å². The summed E-state index contributed by atoms with van der Waals surface area (Å²) in [5, 5.41) is 8.18. The summed E-state index contributed by atoms with van der Waals surface area (Å²) in [6, 6.07) is 18.4. The van der Waals surface area contributed by atoms with Crippen molar-refractivity contribution in [1.82, 2.24) is 20.0 Å². The molecule has 2 heterocycles. The van der Waals surface area contributed by atoms with Crippen molar-refractivity contribution in [3.8, 4) is 0 Å². The number of hydrogen-bond donors (Lipinski definition) is 1. The van der Waals surface area contributed by atoms with Gasteiger partial charge in [0.15, 0.2) is 0 Å². The maximum atomic E-state index is 12.6. The predicted octanol–water partition coefficient (Wildman–Crippen LogP) is 3.98. The first kappa shape index (κ1) is 19.7. The number of nitrogens with zero attached hydrogens (tertiary/aromatic N) is 3. The molecule has 0 saturated carbocycles. The van der Waals surface area contributed by atoms with Crippen LogP contribution in [-0.4, -0.2) is 39.7 Å². The highest BCUT2D eigenvalue weighted by molar-refractivity contribution is 6.31. The van der Waals surface area contributed by atoms with Gasteiger partial charge in [-0.25, -0.2) is 0 Å². The molecule has 6 heteroatoms. The lowest BCUT2D eigenvalue weighted by molar-refractivity contribution is 0.0909. The molecule has 0 aliphatic carbocycles. The van der Waals surface area contributed by atoms with Crippen molar-refractivity contribution in [2.75, 3.05) is 13.1 Å². The summed E-state index contributed by atoms with van der Waals surface area (Å²) in [6.07, 6.45) is 5.33. The monoisotopic (exact) mass is 408 g/mol. The SMILES string of the molecule is O=C(NC1CCN(Cc2ccccc2)CC1)c1cnn(Cc2ccccc2Cl)c1. The molecule has 1 fully saturated rings. The first-order valence-electron chi connectivity index (χ1n) is 10.0. The standard InChI is InChI=1S/C23H25ClN4O/c24-22-9-5-4-8-19(22)16-28-17-20(14-25-28)23(29)26-21-10-12-27(13-11-21)15-18-6-2-1-3-7-18/h1-9,14,17,21H,10-13,15-16H2,(H,26,29). The molecule has 0 radical (unpaired) electrons. The Hall–Kier alpha value is -2.63. The highest BCUT2D eigenvalue weighted by Gasteiger charge is 2.21. The van der Waals surface area contributed by atoms with Crippen LogP contribution in [-0.2, 0) is 13.1 Å². The van der Waals surface area contributed by atoms with Gasteiger partial charge in [0.05, 0.1) is 18.3 Å². The summed E-state index contributed by atoms with van der Waals surface area (Å²) in [4.78, 5) is 15.1. The first-order chi connectivity index (χ1) is 14.2. The van der Waals surface area contributed by atoms with Gasteiger partial charge in [0.1, 0.15) is 0 Å². The van der Waals surface area contributed by atoms with Crippen LogP contribution in [0, 0.1) is 0 Å². The van der Waals surface area contributed by atoms with Gasteiger partial charge in [-0.2, -0.15) is 5.10 Å². The Morgan fingerprint density at radius 2 is 1.76 bits per heavy atom. The molecule has 1 amide bonds. The normalized spacial score (nSPS) is 15.3. The number of aromatic nitrogens is 2. The van der Waals surface area contributed by atoms with E-state index >= 15 is 0 Å². The van der Waals surface area contributed by atoms with Crippen LogP contribution in [0.3, 0.4) is 0 Å². The summed E-state index contributed by atoms with van der Waals surface area (Å²) in [5.41, 5.74) is 2.90. The number of piperidine rings is 1. The third-order valence-electron chi connectivity index (χ3n) is 5.36. The van der Waals surface area contributed by atoms with E-state index in [2.05, 4.69) is 39.6 Å². The lowest BCUT2D eigenvalue weighted by atomic mass is 10.0. The lowest BCUT2D eigenvalue weighted by Crippen LogP contribution is -2.44. The molecular formula is C23H25ClN4O. The van der Waals surface area contributed by atoms with Gasteiger partial charge in [-0.05, 0) is 30.0 Å². The second-order valence-electron chi connectivity index (χ2n) is 7.53. The van der Waals surface area contributed by atoms with Gasteiger partial charge in [-0.1, -0.05) is 60.1 Å². The zero-order valence-corrected chi connectivity index (χ0v) is 17.1. The van der Waals surface area contributed by atoms with Gasteiger partial charge >= 0.3 is 0 Å². The number of likely N-dealkylation sites (tertiary alicyclic amines) is 1. The number of carbonyl (C=O) groups is 1. The lowest BCUT2D eigenvalue weighted by Gasteiger charge is -2.32. The van der Waals surface area contributed by atoms with E-state index in [9.17, 15) is 4.79 Å². The number of nitrogens with one attached hydrogen (secondary N) is 1. The van der Waals surface area contributed by atoms with Crippen molar-refractivity contribution in [3.63, 3.8) is 0 Å². The molecule has 5 nitrogen and oxygen atoms in total. The largest absolute Gasteiger partial charge is 0.349 e. The van der Waals surface area contributed by atoms with Gasteiger partial charge in [0.2, 0.25) is 0 Å². The van der Waals surface area contributed by atoms with Crippen LogP contribution in [0.4, 0.5) is 0 Å². The highest BCUT2D eigenvalue weighted by Crippen LogP contribution is 2.17. The van der Waals surface area contributed by atoms with Crippen LogP contribution < -0.4 is 5.32 Å². The zero-order chi connectivity index (χ0) is 20.1. The number of amides is 1. The zero-order valence-electron chi connectivity index (χ0n) is 16.3. The van der Waals surface area contributed by atoms with Crippen LogP contribution in [0.1, 0.15) is 34.3 Å². The average Bonchev–Trinajstić information content (AvgIpc) is 3.21. The third-order valence-corrected chi connectivity index (χ3v) is 5.73. The number of carbonyl (C=O) groups excluding carboxylic acids is 1. The summed E-state index contributed by atoms with van der Waals surface area (Å²) in [6.45, 7) is 3.50. The molecule has 1 aliphatic rings. The minimum Gasteiger partial charge on any atom is -0.349 e. The summed E-state index contributed by atoms with van der Waals surface area (Å²) in [5.74, 6) is -0.0584. The van der Waals surface area contributed by atoms with Crippen molar-refractivity contribution in [2.24, 2.45) is 0 Å². The third kappa shape index (κ3) is 5.25. The van der Waals surface area contributed by atoms with Gasteiger partial charge in [-0.3, -0.25) is 14.4 Å². The second kappa shape index (κ2) is 9.25. The minimum atomic E-state index is -0.0584. The van der Waals surface area contributed by atoms with Gasteiger partial charge in [0, 0.05) is 36.9 Å². The number of halogens is 1. The smallest absolute Gasteiger partial charge is 0.254 e. The van der Waals surface area contributed by atoms with E-state index in [4.69, 9.17) is 11.6 Å². The molecule has 0 bridgehead atoms. The van der Waals surface area contributed by atoms with E-state index in [0.29, 0.717) is 17.1 Å². The van der Waals surface area contributed by atoms with Gasteiger partial charge < -0.3 is 5.32 Å². The van der Waals surface area contributed by atoms with Crippen molar-refractivity contribution >= 4 is 17.5 Å². The molecule has 29 heavy (non-hydrogen) atoms. The summed E-state index contributed by atoms with van der Waals surface area (Å²) < 4.78 is 1.75. The van der Waals surface area contributed by atoms with Crippen LogP contribution in [0.2, 0.25) is 5.02 Å². The fourth-order valence-corrected chi connectivity index (χ4v) is 3.91. The minimum absolute atomic E-state index is 0.0584. The maximum absolute atomic E-state index is 12.6. The molecule has 1 saturated heterocycles. The molecule has 150 valence electrons. The number of rotatable bonds is 6. The van der Waals surface area contributed by atoms with Crippen molar-refractivity contribution in [2.45, 2.75) is 32.0 Å². The molecule has 2 aromatic carbocycles. The van der Waals surface area contributed by atoms with Crippen LogP contribution in [0.5, 0.6) is 0 Å². The van der Waals surface area contributed by atoms with E-state index in [1.807, 2.05) is 30.3 Å². The van der Waals surface area contributed by atoms with E-state index < -0.39 is 0 Å². The van der Waals surface area contributed by atoms with Crippen molar-refractivity contribution in [3.05, 3.63) is 88.7 Å². The van der Waals surface area contributed by atoms with Crippen LogP contribution in [0.15, 0.2) is 67.0 Å². The van der Waals surface area contributed by atoms with E-state index in [1.54, 1.807) is 17.1 Å². The van der Waals surface area contributed by atoms with E-state index in [0.717, 1.165) is 38.0 Å². The molecule has 3 aromatic rings. The summed E-state index contributed by atoms with van der Waals surface area (Å²) in [7, 11) is 0. The van der Waals surface area contributed by atoms with Gasteiger partial charge in [0.25, 0.3) is 5.91 Å². The fraction of sp³-hybridized carbons (Fsp3) is 0.304. The molecule has 4 rings (SSSR count). The van der Waals surface area contributed by atoms with E-state index in [1.165, 1.54) is 5.56 Å². The topological polar surface area (TPSA) is 50.2 Å². The molecule has 1 aromatic heterocycles. The molecular weight excluding hydrogens is 384 g/mol. The van der Waals surface area contributed by atoms with Crippen molar-refractivity contribution < 1.29 is 4.79 Å². The Balaban J connectivity index is 1.27. The second-order valence-corrected chi connectivity index (χ2v) is 7.93. The molecule has 1 aliphatic heterocycles. The molecule has 0 unspecified atom stereocenters. The number of benzene rings is 2. The number of hydrogen-bond acceptors (Lipinski definition) is 3. The summed E-state index contributed by atoms with van der Waals surface area (Å²) >= 11 is 6.21. The van der Waals surface area contributed by atoms with Gasteiger partial charge in [-0.15, -0.1) is 0 Å². The van der Waals surface area contributed by atoms with Crippen LogP contribution >= 0.6 is 11.6 Å². The molecule has 0 atom stereocenters. The fourth-order valence-electron chi connectivity index (χ4n) is 3.71.